The van der Waals surface area contributed by atoms with Gasteiger partial charge in [0.25, 0.3) is 0 Å². The molecule has 1 heterocycles. The molecule has 1 rings (SSSR count). The summed E-state index contributed by atoms with van der Waals surface area (Å²) in [5.74, 6) is -0.0906. The predicted octanol–water partition coefficient (Wildman–Crippen LogP) is 0.540. The Hall–Kier alpha value is -1.10. The summed E-state index contributed by atoms with van der Waals surface area (Å²) in [4.78, 5) is 24.9. The van der Waals surface area contributed by atoms with Crippen LogP contribution in [0, 0.1) is 0 Å². The van der Waals surface area contributed by atoms with Gasteiger partial charge < -0.3 is 15.0 Å². The molecular formula is C12H22N2O3. The van der Waals surface area contributed by atoms with Crippen LogP contribution in [0.2, 0.25) is 0 Å². The largest absolute Gasteiger partial charge is 0.466 e. The van der Waals surface area contributed by atoms with Gasteiger partial charge in [0, 0.05) is 19.6 Å². The first-order chi connectivity index (χ1) is 8.15. The minimum atomic E-state index is -0.221. The lowest BCUT2D eigenvalue weighted by Crippen LogP contribution is -2.44. The summed E-state index contributed by atoms with van der Waals surface area (Å²) in [7, 11) is 0. The molecule has 0 aromatic heterocycles. The molecular weight excluding hydrogens is 220 g/mol. The summed E-state index contributed by atoms with van der Waals surface area (Å²) in [5, 5.41) is 3.06. The topological polar surface area (TPSA) is 58.6 Å². The SMILES string of the molecule is CCOC(=O)CCNC(C)C(=O)N1CCCC1. The van der Waals surface area contributed by atoms with Crippen LogP contribution in [0.15, 0.2) is 0 Å². The van der Waals surface area contributed by atoms with Crippen LogP contribution < -0.4 is 5.32 Å². The first-order valence-corrected chi connectivity index (χ1v) is 6.33. The number of hydrogen-bond acceptors (Lipinski definition) is 4. The second-order valence-electron chi connectivity index (χ2n) is 4.26. The number of hydrogen-bond donors (Lipinski definition) is 1. The minimum absolute atomic E-state index is 0.131. The summed E-state index contributed by atoms with van der Waals surface area (Å²) in [6.45, 7) is 6.24. The fourth-order valence-corrected chi connectivity index (χ4v) is 1.92. The highest BCUT2D eigenvalue weighted by atomic mass is 16.5. The van der Waals surface area contributed by atoms with Crippen molar-refractivity contribution < 1.29 is 14.3 Å². The second-order valence-corrected chi connectivity index (χ2v) is 4.26. The highest BCUT2D eigenvalue weighted by Crippen LogP contribution is 2.08. The molecule has 1 fully saturated rings. The number of esters is 1. The summed E-state index contributed by atoms with van der Waals surface area (Å²) < 4.78 is 4.81. The van der Waals surface area contributed by atoms with Gasteiger partial charge in [-0.2, -0.15) is 0 Å². The smallest absolute Gasteiger partial charge is 0.307 e. The molecule has 17 heavy (non-hydrogen) atoms. The van der Waals surface area contributed by atoms with Gasteiger partial charge in [0.05, 0.1) is 19.1 Å². The molecule has 0 bridgehead atoms. The fourth-order valence-electron chi connectivity index (χ4n) is 1.92. The summed E-state index contributed by atoms with van der Waals surface area (Å²) in [6.07, 6.45) is 2.51. The van der Waals surface area contributed by atoms with Crippen molar-refractivity contribution in [3.63, 3.8) is 0 Å². The third-order valence-corrected chi connectivity index (χ3v) is 2.87. The lowest BCUT2D eigenvalue weighted by molar-refractivity contribution is -0.143. The summed E-state index contributed by atoms with van der Waals surface area (Å²) in [6, 6.07) is -0.220. The first kappa shape index (κ1) is 14.0. The van der Waals surface area contributed by atoms with Gasteiger partial charge in [-0.25, -0.2) is 0 Å². The van der Waals surface area contributed by atoms with E-state index in [0.29, 0.717) is 19.6 Å². The van der Waals surface area contributed by atoms with E-state index in [2.05, 4.69) is 5.32 Å². The van der Waals surface area contributed by atoms with Crippen LogP contribution in [0.25, 0.3) is 0 Å². The number of nitrogens with one attached hydrogen (secondary N) is 1. The second kappa shape index (κ2) is 7.27. The van der Waals surface area contributed by atoms with Gasteiger partial charge in [-0.1, -0.05) is 0 Å². The molecule has 98 valence electrons. The number of nitrogens with zero attached hydrogens (tertiary/aromatic N) is 1. The van der Waals surface area contributed by atoms with E-state index in [1.807, 2.05) is 11.8 Å². The monoisotopic (exact) mass is 242 g/mol. The van der Waals surface area contributed by atoms with Crippen molar-refractivity contribution >= 4 is 11.9 Å². The van der Waals surface area contributed by atoms with E-state index in [4.69, 9.17) is 4.74 Å². The number of rotatable bonds is 6. The number of amides is 1. The number of ether oxygens (including phenoxy) is 1. The molecule has 1 N–H and O–H groups in total. The van der Waals surface area contributed by atoms with Gasteiger partial charge in [-0.05, 0) is 26.7 Å². The average molecular weight is 242 g/mol. The zero-order valence-corrected chi connectivity index (χ0v) is 10.7. The van der Waals surface area contributed by atoms with Gasteiger partial charge in [0.15, 0.2) is 0 Å². The van der Waals surface area contributed by atoms with E-state index in [9.17, 15) is 9.59 Å². The van der Waals surface area contributed by atoms with Crippen LogP contribution >= 0.6 is 0 Å². The molecule has 0 aromatic rings. The van der Waals surface area contributed by atoms with E-state index >= 15 is 0 Å². The highest BCUT2D eigenvalue weighted by Gasteiger charge is 2.22. The maximum atomic E-state index is 11.9. The van der Waals surface area contributed by atoms with E-state index in [1.54, 1.807) is 6.92 Å². The summed E-state index contributed by atoms with van der Waals surface area (Å²) >= 11 is 0. The molecule has 5 nitrogen and oxygen atoms in total. The Kier molecular flexibility index (Phi) is 5.97. The zero-order chi connectivity index (χ0) is 12.7. The maximum Gasteiger partial charge on any atom is 0.307 e. The molecule has 1 aliphatic heterocycles. The quantitative estimate of drug-likeness (QED) is 0.691. The third-order valence-electron chi connectivity index (χ3n) is 2.87. The van der Waals surface area contributed by atoms with Gasteiger partial charge >= 0.3 is 5.97 Å². The van der Waals surface area contributed by atoms with E-state index in [0.717, 1.165) is 25.9 Å². The molecule has 1 aliphatic rings. The average Bonchev–Trinajstić information content (AvgIpc) is 2.81. The van der Waals surface area contributed by atoms with Gasteiger partial charge in [-0.3, -0.25) is 9.59 Å². The van der Waals surface area contributed by atoms with E-state index < -0.39 is 0 Å². The van der Waals surface area contributed by atoms with Crippen molar-refractivity contribution in [2.45, 2.75) is 39.2 Å². The van der Waals surface area contributed by atoms with Crippen molar-refractivity contribution in [1.82, 2.24) is 10.2 Å². The normalized spacial score (nSPS) is 16.9. The molecule has 1 amide bonds. The minimum Gasteiger partial charge on any atom is -0.466 e. The Morgan fingerprint density at radius 2 is 2.00 bits per heavy atom. The molecule has 0 aliphatic carbocycles. The Balaban J connectivity index is 2.17. The van der Waals surface area contributed by atoms with Gasteiger partial charge in [0.2, 0.25) is 5.91 Å². The van der Waals surface area contributed by atoms with Crippen LogP contribution in [0.1, 0.15) is 33.1 Å². The summed E-state index contributed by atoms with van der Waals surface area (Å²) in [5.41, 5.74) is 0. The van der Waals surface area contributed by atoms with Crippen molar-refractivity contribution in [2.24, 2.45) is 0 Å². The van der Waals surface area contributed by atoms with E-state index in [-0.39, 0.29) is 17.9 Å². The fraction of sp³-hybridized carbons (Fsp3) is 0.833. The van der Waals surface area contributed by atoms with Crippen LogP contribution in [-0.4, -0.2) is 49.1 Å². The number of likely N-dealkylation sites (tertiary alicyclic amines) is 1. The third kappa shape index (κ3) is 4.73. The lowest BCUT2D eigenvalue weighted by Gasteiger charge is -2.20. The standard InChI is InChI=1S/C12H22N2O3/c1-3-17-11(15)6-7-13-10(2)12(16)14-8-4-5-9-14/h10,13H,3-9H2,1-2H3. The Labute approximate surface area is 102 Å². The van der Waals surface area contributed by atoms with Crippen molar-refractivity contribution in [3.8, 4) is 0 Å². The van der Waals surface area contributed by atoms with Gasteiger partial charge in [-0.15, -0.1) is 0 Å². The van der Waals surface area contributed by atoms with Crippen LogP contribution in [0.5, 0.6) is 0 Å². The number of carbonyl (C=O) groups is 2. The van der Waals surface area contributed by atoms with Crippen LogP contribution in [0.3, 0.4) is 0 Å². The Morgan fingerprint density at radius 1 is 1.35 bits per heavy atom. The lowest BCUT2D eigenvalue weighted by atomic mass is 10.3. The molecule has 1 saturated heterocycles. The van der Waals surface area contributed by atoms with Gasteiger partial charge in [0.1, 0.15) is 0 Å². The van der Waals surface area contributed by atoms with Crippen molar-refractivity contribution in [1.29, 1.82) is 0 Å². The molecule has 5 heteroatoms. The van der Waals surface area contributed by atoms with Crippen LogP contribution in [-0.2, 0) is 14.3 Å². The molecule has 0 aromatic carbocycles. The van der Waals surface area contributed by atoms with E-state index in [1.165, 1.54) is 0 Å². The first-order valence-electron chi connectivity index (χ1n) is 6.33. The van der Waals surface area contributed by atoms with Crippen molar-refractivity contribution in [3.05, 3.63) is 0 Å². The molecule has 1 unspecified atom stereocenters. The van der Waals surface area contributed by atoms with Crippen molar-refractivity contribution in [2.75, 3.05) is 26.2 Å². The predicted molar refractivity (Wildman–Crippen MR) is 64.5 cm³/mol. The molecule has 0 spiro atoms. The molecule has 0 saturated carbocycles. The molecule has 0 radical (unpaired) electrons. The maximum absolute atomic E-state index is 11.9. The number of carbonyl (C=O) groups excluding carboxylic acids is 2. The van der Waals surface area contributed by atoms with Crippen LogP contribution in [0.4, 0.5) is 0 Å². The Bertz CT molecular complexity index is 262. The Morgan fingerprint density at radius 3 is 2.59 bits per heavy atom. The molecule has 1 atom stereocenters. The zero-order valence-electron chi connectivity index (χ0n) is 10.7. The highest BCUT2D eigenvalue weighted by molar-refractivity contribution is 5.81.